The van der Waals surface area contributed by atoms with Crippen LogP contribution in [0, 0.1) is 5.82 Å². The molecule has 0 saturated carbocycles. The van der Waals surface area contributed by atoms with Gasteiger partial charge in [-0.3, -0.25) is 9.36 Å². The van der Waals surface area contributed by atoms with Crippen LogP contribution in [0.2, 0.25) is 0 Å². The van der Waals surface area contributed by atoms with Crippen LogP contribution in [-0.4, -0.2) is 38.2 Å². The Balaban J connectivity index is 1.92. The molecule has 0 fully saturated rings. The average Bonchev–Trinajstić information content (AvgIpc) is 3.16. The van der Waals surface area contributed by atoms with Gasteiger partial charge in [-0.25, -0.2) is 4.39 Å². The molecule has 0 aliphatic heterocycles. The Bertz CT molecular complexity index is 1010. The molecule has 3 aromatic rings. The zero-order chi connectivity index (χ0) is 22.4. The van der Waals surface area contributed by atoms with Crippen molar-refractivity contribution in [3.63, 3.8) is 0 Å². The standard InChI is InChI=1S/C21H21F3N4OS2/c1-3-13(2)25-18(29)12-30-21-27-26-19(14-4-6-15(22)7-5-14)28(21)16-8-10-17(11-9-16)31-20(23)24/h4-11,13,20H,3,12H2,1-2H3,(H,25,29)/t13-/m0/s1. The van der Waals surface area contributed by atoms with E-state index in [0.29, 0.717) is 38.9 Å². The Morgan fingerprint density at radius 1 is 1.10 bits per heavy atom. The molecule has 0 aliphatic rings. The van der Waals surface area contributed by atoms with Gasteiger partial charge in [0.25, 0.3) is 5.76 Å². The first-order chi connectivity index (χ1) is 14.9. The number of amides is 1. The van der Waals surface area contributed by atoms with Gasteiger partial charge in [0.1, 0.15) is 5.82 Å². The highest BCUT2D eigenvalue weighted by Crippen LogP contribution is 2.30. The molecule has 1 N–H and O–H groups in total. The summed E-state index contributed by atoms with van der Waals surface area (Å²) in [5.74, 6) is -2.41. The minimum atomic E-state index is -2.51. The number of rotatable bonds is 9. The van der Waals surface area contributed by atoms with Crippen molar-refractivity contribution in [2.75, 3.05) is 5.75 Å². The van der Waals surface area contributed by atoms with Crippen molar-refractivity contribution in [2.24, 2.45) is 0 Å². The SMILES string of the molecule is CC[C@H](C)NC(=O)CSc1nnc(-c2ccc(F)cc2)n1-c1ccc(SC(F)F)cc1. The molecule has 0 aliphatic carbocycles. The van der Waals surface area contributed by atoms with E-state index in [0.717, 1.165) is 6.42 Å². The van der Waals surface area contributed by atoms with E-state index in [9.17, 15) is 18.0 Å². The molecule has 1 amide bonds. The summed E-state index contributed by atoms with van der Waals surface area (Å²) in [6, 6.07) is 12.4. The Hall–Kier alpha value is -2.46. The monoisotopic (exact) mass is 466 g/mol. The van der Waals surface area contributed by atoms with Gasteiger partial charge in [0.15, 0.2) is 11.0 Å². The van der Waals surface area contributed by atoms with Gasteiger partial charge in [-0.2, -0.15) is 8.78 Å². The van der Waals surface area contributed by atoms with Crippen molar-refractivity contribution in [3.8, 4) is 17.1 Å². The van der Waals surface area contributed by atoms with Crippen LogP contribution in [0.25, 0.3) is 17.1 Å². The molecule has 10 heteroatoms. The van der Waals surface area contributed by atoms with Crippen molar-refractivity contribution in [1.29, 1.82) is 0 Å². The van der Waals surface area contributed by atoms with Gasteiger partial charge in [-0.05, 0) is 61.9 Å². The molecular formula is C21H21F3N4OS2. The van der Waals surface area contributed by atoms with Crippen molar-refractivity contribution in [2.45, 2.75) is 42.1 Å². The molecule has 164 valence electrons. The summed E-state index contributed by atoms with van der Waals surface area (Å²) in [5.41, 5.74) is 1.28. The lowest BCUT2D eigenvalue weighted by molar-refractivity contribution is -0.119. The second kappa shape index (κ2) is 10.7. The van der Waals surface area contributed by atoms with Crippen molar-refractivity contribution >= 4 is 29.4 Å². The molecule has 0 spiro atoms. The number of hydrogen-bond donors (Lipinski definition) is 1. The van der Waals surface area contributed by atoms with Crippen LogP contribution in [0.3, 0.4) is 0 Å². The quantitative estimate of drug-likeness (QED) is 0.428. The second-order valence-electron chi connectivity index (χ2n) is 6.69. The highest BCUT2D eigenvalue weighted by atomic mass is 32.2. The maximum absolute atomic E-state index is 13.4. The van der Waals surface area contributed by atoms with Crippen LogP contribution < -0.4 is 5.32 Å². The smallest absolute Gasteiger partial charge is 0.288 e. The van der Waals surface area contributed by atoms with E-state index in [1.54, 1.807) is 41.0 Å². The van der Waals surface area contributed by atoms with Gasteiger partial charge in [0.05, 0.1) is 5.75 Å². The number of carbonyl (C=O) groups is 1. The van der Waals surface area contributed by atoms with Gasteiger partial charge in [0, 0.05) is 22.2 Å². The number of alkyl halides is 2. The topological polar surface area (TPSA) is 59.8 Å². The molecule has 0 bridgehead atoms. The highest BCUT2D eigenvalue weighted by molar-refractivity contribution is 8.00. The lowest BCUT2D eigenvalue weighted by Gasteiger charge is -2.13. The van der Waals surface area contributed by atoms with Crippen LogP contribution in [0.15, 0.2) is 58.6 Å². The number of hydrogen-bond acceptors (Lipinski definition) is 5. The van der Waals surface area contributed by atoms with E-state index in [1.807, 2.05) is 13.8 Å². The largest absolute Gasteiger partial charge is 0.353 e. The number of carbonyl (C=O) groups excluding carboxylic acids is 1. The predicted octanol–water partition coefficient (Wildman–Crippen LogP) is 5.39. The van der Waals surface area contributed by atoms with Crippen molar-refractivity contribution in [3.05, 3.63) is 54.3 Å². The zero-order valence-electron chi connectivity index (χ0n) is 16.9. The van der Waals surface area contributed by atoms with E-state index in [-0.39, 0.29) is 23.5 Å². The van der Waals surface area contributed by atoms with Crippen LogP contribution in [-0.2, 0) is 4.79 Å². The molecule has 0 saturated heterocycles. The first-order valence-electron chi connectivity index (χ1n) is 9.56. The van der Waals surface area contributed by atoms with E-state index < -0.39 is 5.76 Å². The Morgan fingerprint density at radius 2 is 1.77 bits per heavy atom. The maximum atomic E-state index is 13.4. The molecule has 31 heavy (non-hydrogen) atoms. The first-order valence-corrected chi connectivity index (χ1v) is 11.4. The molecule has 0 radical (unpaired) electrons. The molecule has 2 aromatic carbocycles. The number of halogens is 3. The second-order valence-corrected chi connectivity index (χ2v) is 8.69. The Kier molecular flexibility index (Phi) is 8.03. The average molecular weight is 467 g/mol. The lowest BCUT2D eigenvalue weighted by Crippen LogP contribution is -2.33. The summed E-state index contributed by atoms with van der Waals surface area (Å²) >= 11 is 1.67. The Morgan fingerprint density at radius 3 is 2.39 bits per heavy atom. The first kappa shape index (κ1) is 23.2. The normalized spacial score (nSPS) is 12.2. The fourth-order valence-electron chi connectivity index (χ4n) is 2.71. The number of thioether (sulfide) groups is 2. The van der Waals surface area contributed by atoms with Crippen LogP contribution in [0.5, 0.6) is 0 Å². The predicted molar refractivity (Wildman–Crippen MR) is 117 cm³/mol. The van der Waals surface area contributed by atoms with Gasteiger partial charge in [-0.1, -0.05) is 30.4 Å². The third kappa shape index (κ3) is 6.27. The van der Waals surface area contributed by atoms with E-state index in [4.69, 9.17) is 0 Å². The summed E-state index contributed by atoms with van der Waals surface area (Å²) in [5, 5.41) is 11.8. The van der Waals surface area contributed by atoms with E-state index in [2.05, 4.69) is 15.5 Å². The fraction of sp³-hybridized carbons (Fsp3) is 0.286. The fourth-order valence-corrected chi connectivity index (χ4v) is 3.97. The number of benzene rings is 2. The van der Waals surface area contributed by atoms with Gasteiger partial charge in [-0.15, -0.1) is 10.2 Å². The summed E-state index contributed by atoms with van der Waals surface area (Å²) in [4.78, 5) is 12.6. The summed E-state index contributed by atoms with van der Waals surface area (Å²) in [6.45, 7) is 3.91. The molecule has 1 heterocycles. The zero-order valence-corrected chi connectivity index (χ0v) is 18.5. The van der Waals surface area contributed by atoms with Gasteiger partial charge in [0.2, 0.25) is 5.91 Å². The molecule has 3 rings (SSSR count). The third-order valence-electron chi connectivity index (χ3n) is 4.41. The van der Waals surface area contributed by atoms with Crippen molar-refractivity contribution < 1.29 is 18.0 Å². The highest BCUT2D eigenvalue weighted by Gasteiger charge is 2.18. The molecular weight excluding hydrogens is 445 g/mol. The number of nitrogens with one attached hydrogen (secondary N) is 1. The summed E-state index contributed by atoms with van der Waals surface area (Å²) in [7, 11) is 0. The lowest BCUT2D eigenvalue weighted by atomic mass is 10.2. The van der Waals surface area contributed by atoms with E-state index in [1.165, 1.54) is 23.9 Å². The molecule has 0 unspecified atom stereocenters. The minimum Gasteiger partial charge on any atom is -0.353 e. The molecule has 5 nitrogen and oxygen atoms in total. The van der Waals surface area contributed by atoms with Crippen LogP contribution in [0.4, 0.5) is 13.2 Å². The third-order valence-corrected chi connectivity index (χ3v) is 6.06. The van der Waals surface area contributed by atoms with Crippen LogP contribution >= 0.6 is 23.5 Å². The minimum absolute atomic E-state index is 0.0700. The summed E-state index contributed by atoms with van der Waals surface area (Å²) in [6.07, 6.45) is 0.824. The summed E-state index contributed by atoms with van der Waals surface area (Å²) < 4.78 is 40.4. The van der Waals surface area contributed by atoms with E-state index >= 15 is 0 Å². The Labute approximate surface area is 186 Å². The number of aromatic nitrogens is 3. The van der Waals surface area contributed by atoms with Gasteiger partial charge < -0.3 is 5.32 Å². The molecule has 1 aromatic heterocycles. The van der Waals surface area contributed by atoms with Gasteiger partial charge >= 0.3 is 0 Å². The molecule has 1 atom stereocenters. The maximum Gasteiger partial charge on any atom is 0.288 e. The number of nitrogens with zero attached hydrogens (tertiary/aromatic N) is 3. The van der Waals surface area contributed by atoms with Crippen LogP contribution in [0.1, 0.15) is 20.3 Å². The van der Waals surface area contributed by atoms with Crippen molar-refractivity contribution in [1.82, 2.24) is 20.1 Å².